The van der Waals surface area contributed by atoms with E-state index in [0.717, 1.165) is 25.8 Å². The lowest BCUT2D eigenvalue weighted by molar-refractivity contribution is 0.0914. The summed E-state index contributed by atoms with van der Waals surface area (Å²) in [7, 11) is -3.29. The van der Waals surface area contributed by atoms with E-state index >= 15 is 0 Å². The molecule has 1 amide bonds. The molecule has 1 aliphatic rings. The fourth-order valence-corrected chi connectivity index (χ4v) is 3.02. The molecular weight excluding hydrogens is 312 g/mol. The van der Waals surface area contributed by atoms with Crippen molar-refractivity contribution in [2.45, 2.75) is 24.3 Å². The van der Waals surface area contributed by atoms with E-state index in [9.17, 15) is 13.2 Å². The Bertz CT molecular complexity index is 604. The molecule has 1 aromatic rings. The fourth-order valence-electron chi connectivity index (χ4n) is 2.35. The van der Waals surface area contributed by atoms with Gasteiger partial charge in [0.2, 0.25) is 0 Å². The Morgan fingerprint density at radius 1 is 1.38 bits per heavy atom. The summed E-state index contributed by atoms with van der Waals surface area (Å²) in [5.74, 6) is 0.153. The third kappa shape index (κ3) is 4.69. The smallest absolute Gasteiger partial charge is 0.251 e. The van der Waals surface area contributed by atoms with Crippen LogP contribution in [0.5, 0.6) is 0 Å². The molecule has 0 bridgehead atoms. The number of piperidine rings is 1. The second-order valence-electron chi connectivity index (χ2n) is 5.35. The Hall–Kier alpha value is -1.11. The largest absolute Gasteiger partial charge is 0.349 e. The molecule has 2 unspecified atom stereocenters. The number of hydrogen-bond acceptors (Lipinski definition) is 4. The molecule has 0 saturated carbocycles. The van der Waals surface area contributed by atoms with E-state index in [1.54, 1.807) is 12.1 Å². The van der Waals surface area contributed by atoms with E-state index in [2.05, 4.69) is 17.6 Å². The van der Waals surface area contributed by atoms with Crippen LogP contribution < -0.4 is 10.6 Å². The van der Waals surface area contributed by atoms with Crippen molar-refractivity contribution in [1.29, 1.82) is 0 Å². The third-order valence-corrected chi connectivity index (χ3v) is 4.74. The van der Waals surface area contributed by atoms with E-state index in [0.29, 0.717) is 11.5 Å². The molecule has 5 nitrogen and oxygen atoms in total. The summed E-state index contributed by atoms with van der Waals surface area (Å²) >= 11 is 0. The molecule has 1 aliphatic heterocycles. The number of nitrogens with one attached hydrogen (secondary N) is 2. The Labute approximate surface area is 131 Å². The van der Waals surface area contributed by atoms with Crippen LogP contribution in [0.15, 0.2) is 29.2 Å². The first kappa shape index (κ1) is 17.9. The number of rotatable bonds is 3. The summed E-state index contributed by atoms with van der Waals surface area (Å²) in [5, 5.41) is 6.27. The predicted octanol–water partition coefficient (Wildman–Crippen LogP) is 1.24. The second-order valence-corrected chi connectivity index (χ2v) is 7.37. The number of hydrogen-bond donors (Lipinski definition) is 2. The van der Waals surface area contributed by atoms with Gasteiger partial charge < -0.3 is 10.6 Å². The first-order chi connectivity index (χ1) is 9.38. The molecule has 1 saturated heterocycles. The van der Waals surface area contributed by atoms with Crippen molar-refractivity contribution < 1.29 is 13.2 Å². The van der Waals surface area contributed by atoms with Crippen LogP contribution in [0.3, 0.4) is 0 Å². The second kappa shape index (κ2) is 7.24. The molecule has 2 rings (SSSR count). The highest BCUT2D eigenvalue weighted by Gasteiger charge is 2.23. The monoisotopic (exact) mass is 332 g/mol. The normalized spacial score (nSPS) is 22.2. The van der Waals surface area contributed by atoms with Crippen molar-refractivity contribution in [1.82, 2.24) is 10.6 Å². The van der Waals surface area contributed by atoms with Gasteiger partial charge in [-0.3, -0.25) is 4.79 Å². The minimum Gasteiger partial charge on any atom is -0.349 e. The van der Waals surface area contributed by atoms with Crippen LogP contribution in [0.25, 0.3) is 0 Å². The van der Waals surface area contributed by atoms with Crippen LogP contribution >= 0.6 is 12.4 Å². The van der Waals surface area contributed by atoms with Crippen molar-refractivity contribution in [3.8, 4) is 0 Å². The number of amides is 1. The van der Waals surface area contributed by atoms with Gasteiger partial charge in [0, 0.05) is 17.9 Å². The van der Waals surface area contributed by atoms with E-state index in [4.69, 9.17) is 0 Å². The number of sulfone groups is 1. The number of carbonyl (C=O) groups is 1. The molecule has 118 valence electrons. The average molecular weight is 333 g/mol. The lowest BCUT2D eigenvalue weighted by Crippen LogP contribution is -2.48. The molecule has 2 atom stereocenters. The highest BCUT2D eigenvalue weighted by Crippen LogP contribution is 2.14. The van der Waals surface area contributed by atoms with Crippen LogP contribution in [-0.2, 0) is 9.84 Å². The Kier molecular flexibility index (Phi) is 6.19. The van der Waals surface area contributed by atoms with E-state index < -0.39 is 9.84 Å². The van der Waals surface area contributed by atoms with Crippen molar-refractivity contribution in [3.05, 3.63) is 29.8 Å². The molecule has 1 aromatic carbocycles. The van der Waals surface area contributed by atoms with Crippen molar-refractivity contribution in [2.24, 2.45) is 5.92 Å². The van der Waals surface area contributed by atoms with Gasteiger partial charge in [-0.1, -0.05) is 13.0 Å². The predicted molar refractivity (Wildman–Crippen MR) is 84.7 cm³/mol. The van der Waals surface area contributed by atoms with E-state index in [1.165, 1.54) is 12.1 Å². The van der Waals surface area contributed by atoms with Crippen LogP contribution in [0, 0.1) is 5.92 Å². The van der Waals surface area contributed by atoms with Gasteiger partial charge in [-0.2, -0.15) is 0 Å². The summed E-state index contributed by atoms with van der Waals surface area (Å²) in [6.45, 7) is 3.86. The highest BCUT2D eigenvalue weighted by molar-refractivity contribution is 7.90. The molecule has 21 heavy (non-hydrogen) atoms. The zero-order chi connectivity index (χ0) is 14.8. The molecule has 7 heteroatoms. The van der Waals surface area contributed by atoms with Gasteiger partial charge in [0.05, 0.1) is 4.90 Å². The minimum absolute atomic E-state index is 0. The summed E-state index contributed by atoms with van der Waals surface area (Å²) in [6.07, 6.45) is 2.03. The minimum atomic E-state index is -3.29. The topological polar surface area (TPSA) is 75.3 Å². The summed E-state index contributed by atoms with van der Waals surface area (Å²) in [6, 6.07) is 6.29. The van der Waals surface area contributed by atoms with E-state index in [1.807, 2.05) is 0 Å². The maximum atomic E-state index is 12.2. The number of carbonyl (C=O) groups excluding carboxylic acids is 1. The Morgan fingerprint density at radius 2 is 2.10 bits per heavy atom. The van der Waals surface area contributed by atoms with Gasteiger partial charge in [-0.25, -0.2) is 8.42 Å². The van der Waals surface area contributed by atoms with Crippen LogP contribution in [0.1, 0.15) is 23.7 Å². The third-order valence-electron chi connectivity index (χ3n) is 3.63. The zero-order valence-electron chi connectivity index (χ0n) is 12.1. The molecular formula is C14H21ClN2O3S. The first-order valence-electron chi connectivity index (χ1n) is 6.69. The lowest BCUT2D eigenvalue weighted by atomic mass is 9.95. The van der Waals surface area contributed by atoms with Crippen molar-refractivity contribution >= 4 is 28.2 Å². The zero-order valence-corrected chi connectivity index (χ0v) is 13.8. The summed E-state index contributed by atoms with van der Waals surface area (Å²) < 4.78 is 23.0. The van der Waals surface area contributed by atoms with Crippen molar-refractivity contribution in [2.75, 3.05) is 19.3 Å². The standard InChI is InChI=1S/C14H20N2O3S.ClH/c1-10-9-15-7-6-13(10)16-14(17)11-4-3-5-12(8-11)20(2,18)19;/h3-5,8,10,13,15H,6-7,9H2,1-2H3,(H,16,17);1H. The maximum Gasteiger partial charge on any atom is 0.251 e. The highest BCUT2D eigenvalue weighted by atomic mass is 35.5. The van der Waals surface area contributed by atoms with Crippen LogP contribution in [0.2, 0.25) is 0 Å². The van der Waals surface area contributed by atoms with Gasteiger partial charge >= 0.3 is 0 Å². The molecule has 1 heterocycles. The average Bonchev–Trinajstić information content (AvgIpc) is 2.40. The SMILES string of the molecule is CC1CNCCC1NC(=O)c1cccc(S(C)(=O)=O)c1.Cl. The van der Waals surface area contributed by atoms with Crippen LogP contribution in [-0.4, -0.2) is 39.7 Å². The number of halogens is 1. The summed E-state index contributed by atoms with van der Waals surface area (Å²) in [4.78, 5) is 12.4. The molecule has 0 spiro atoms. The van der Waals surface area contributed by atoms with Crippen molar-refractivity contribution in [3.63, 3.8) is 0 Å². The Balaban J connectivity index is 0.00000220. The van der Waals surface area contributed by atoms with E-state index in [-0.39, 0.29) is 29.3 Å². The Morgan fingerprint density at radius 3 is 2.71 bits per heavy atom. The molecule has 2 N–H and O–H groups in total. The quantitative estimate of drug-likeness (QED) is 0.873. The molecule has 1 fully saturated rings. The lowest BCUT2D eigenvalue weighted by Gasteiger charge is -2.30. The molecule has 0 aliphatic carbocycles. The fraction of sp³-hybridized carbons (Fsp3) is 0.500. The van der Waals surface area contributed by atoms with Gasteiger partial charge in [0.15, 0.2) is 9.84 Å². The summed E-state index contributed by atoms with van der Waals surface area (Å²) in [5.41, 5.74) is 0.388. The van der Waals surface area contributed by atoms with Gasteiger partial charge in [-0.05, 0) is 43.6 Å². The number of benzene rings is 1. The van der Waals surface area contributed by atoms with Crippen LogP contribution in [0.4, 0.5) is 0 Å². The molecule has 0 radical (unpaired) electrons. The van der Waals surface area contributed by atoms with Gasteiger partial charge in [0.1, 0.15) is 0 Å². The maximum absolute atomic E-state index is 12.2. The first-order valence-corrected chi connectivity index (χ1v) is 8.59. The van der Waals surface area contributed by atoms with Gasteiger partial charge in [-0.15, -0.1) is 12.4 Å². The van der Waals surface area contributed by atoms with Gasteiger partial charge in [0.25, 0.3) is 5.91 Å². The molecule has 0 aromatic heterocycles.